The van der Waals surface area contributed by atoms with Gasteiger partial charge in [0.05, 0.1) is 12.1 Å². The number of rotatable bonds is 4. The van der Waals surface area contributed by atoms with E-state index in [1.165, 1.54) is 5.56 Å². The van der Waals surface area contributed by atoms with Crippen LogP contribution in [0.1, 0.15) is 25.0 Å². The lowest BCUT2D eigenvalue weighted by molar-refractivity contribution is 0.410. The van der Waals surface area contributed by atoms with Crippen LogP contribution in [-0.4, -0.2) is 13.2 Å². The number of ether oxygens (including phenoxy) is 1. The van der Waals surface area contributed by atoms with E-state index in [1.54, 1.807) is 7.11 Å². The van der Waals surface area contributed by atoms with E-state index in [-0.39, 0.29) is 18.4 Å². The number of halogens is 2. The van der Waals surface area contributed by atoms with Crippen LogP contribution in [0.5, 0.6) is 5.75 Å². The smallest absolute Gasteiger partial charge is 0.140 e. The Morgan fingerprint density at radius 3 is 2.50 bits per heavy atom. The molecule has 2 N–H and O–H groups in total. The average Bonchev–Trinajstić information content (AvgIpc) is 2.15. The molecule has 1 aromatic carbocycles. The van der Waals surface area contributed by atoms with Crippen molar-refractivity contribution in [3.63, 3.8) is 0 Å². The molecule has 0 heterocycles. The second kappa shape index (κ2) is 7.00. The zero-order valence-corrected chi connectivity index (χ0v) is 11.5. The van der Waals surface area contributed by atoms with E-state index in [9.17, 15) is 0 Å². The SMILES string of the molecule is CCc1cc(CC(C)N)cc(Cl)c1OC.Cl. The van der Waals surface area contributed by atoms with Crippen molar-refractivity contribution in [2.75, 3.05) is 7.11 Å². The first-order chi connectivity index (χ1) is 7.08. The van der Waals surface area contributed by atoms with Gasteiger partial charge in [0.15, 0.2) is 0 Å². The van der Waals surface area contributed by atoms with Gasteiger partial charge in [0.2, 0.25) is 0 Å². The van der Waals surface area contributed by atoms with Gasteiger partial charge in [-0.05, 0) is 37.0 Å². The number of hydrogen-bond acceptors (Lipinski definition) is 2. The van der Waals surface area contributed by atoms with Crippen molar-refractivity contribution in [3.8, 4) is 5.75 Å². The van der Waals surface area contributed by atoms with E-state index in [0.29, 0.717) is 5.02 Å². The zero-order valence-electron chi connectivity index (χ0n) is 9.92. The van der Waals surface area contributed by atoms with E-state index in [1.807, 2.05) is 13.0 Å². The molecule has 0 fully saturated rings. The van der Waals surface area contributed by atoms with E-state index in [0.717, 1.165) is 24.2 Å². The summed E-state index contributed by atoms with van der Waals surface area (Å²) in [7, 11) is 1.64. The second-order valence-corrected chi connectivity index (χ2v) is 4.21. The minimum Gasteiger partial charge on any atom is -0.495 e. The Hall–Kier alpha value is -0.440. The Bertz CT molecular complexity index is 340. The highest BCUT2D eigenvalue weighted by Crippen LogP contribution is 2.30. The Morgan fingerprint density at radius 1 is 1.44 bits per heavy atom. The summed E-state index contributed by atoms with van der Waals surface area (Å²) < 4.78 is 5.26. The molecule has 92 valence electrons. The van der Waals surface area contributed by atoms with E-state index < -0.39 is 0 Å². The predicted molar refractivity (Wildman–Crippen MR) is 72.0 cm³/mol. The van der Waals surface area contributed by atoms with Gasteiger partial charge in [-0.3, -0.25) is 0 Å². The van der Waals surface area contributed by atoms with Gasteiger partial charge in [0.1, 0.15) is 5.75 Å². The van der Waals surface area contributed by atoms with Gasteiger partial charge in [-0.1, -0.05) is 24.6 Å². The highest BCUT2D eigenvalue weighted by atomic mass is 35.5. The summed E-state index contributed by atoms with van der Waals surface area (Å²) in [4.78, 5) is 0. The van der Waals surface area contributed by atoms with Crippen LogP contribution in [0.15, 0.2) is 12.1 Å². The third-order valence-corrected chi connectivity index (χ3v) is 2.60. The van der Waals surface area contributed by atoms with Crippen LogP contribution < -0.4 is 10.5 Å². The lowest BCUT2D eigenvalue weighted by atomic mass is 10.0. The van der Waals surface area contributed by atoms with Crippen molar-refractivity contribution in [3.05, 3.63) is 28.3 Å². The van der Waals surface area contributed by atoms with E-state index in [2.05, 4.69) is 13.0 Å². The van der Waals surface area contributed by atoms with Crippen LogP contribution in [0, 0.1) is 0 Å². The fourth-order valence-electron chi connectivity index (χ4n) is 1.69. The van der Waals surface area contributed by atoms with Gasteiger partial charge in [-0.25, -0.2) is 0 Å². The predicted octanol–water partition coefficient (Wildman–Crippen LogP) is 3.22. The molecule has 0 amide bonds. The molecule has 0 aliphatic carbocycles. The molecule has 16 heavy (non-hydrogen) atoms. The molecule has 0 aliphatic heterocycles. The molecule has 0 aromatic heterocycles. The minimum absolute atomic E-state index is 0. The van der Waals surface area contributed by atoms with Crippen LogP contribution in [-0.2, 0) is 12.8 Å². The highest BCUT2D eigenvalue weighted by Gasteiger charge is 2.09. The van der Waals surface area contributed by atoms with Crippen molar-refractivity contribution in [1.29, 1.82) is 0 Å². The van der Waals surface area contributed by atoms with Gasteiger partial charge < -0.3 is 10.5 Å². The molecule has 0 saturated heterocycles. The van der Waals surface area contributed by atoms with Crippen LogP contribution in [0.25, 0.3) is 0 Å². The lowest BCUT2D eigenvalue weighted by Gasteiger charge is -2.12. The van der Waals surface area contributed by atoms with Gasteiger partial charge in [-0.2, -0.15) is 0 Å². The van der Waals surface area contributed by atoms with E-state index in [4.69, 9.17) is 22.1 Å². The molecule has 0 bridgehead atoms. The molecule has 0 radical (unpaired) electrons. The number of benzene rings is 1. The molecule has 2 nitrogen and oxygen atoms in total. The Labute approximate surface area is 109 Å². The first-order valence-electron chi connectivity index (χ1n) is 5.19. The fraction of sp³-hybridized carbons (Fsp3) is 0.500. The summed E-state index contributed by atoms with van der Waals surface area (Å²) >= 11 is 6.13. The minimum atomic E-state index is 0. The summed E-state index contributed by atoms with van der Waals surface area (Å²) in [5.74, 6) is 0.785. The Kier molecular flexibility index (Phi) is 6.81. The number of aryl methyl sites for hydroxylation is 1. The largest absolute Gasteiger partial charge is 0.495 e. The normalized spacial score (nSPS) is 11.8. The van der Waals surface area contributed by atoms with Crippen LogP contribution in [0.4, 0.5) is 0 Å². The molecule has 1 unspecified atom stereocenters. The average molecular weight is 264 g/mol. The van der Waals surface area contributed by atoms with Gasteiger partial charge in [-0.15, -0.1) is 12.4 Å². The Balaban J connectivity index is 0.00000225. The molecule has 0 aliphatic rings. The fourth-order valence-corrected chi connectivity index (χ4v) is 2.03. The maximum Gasteiger partial charge on any atom is 0.140 e. The second-order valence-electron chi connectivity index (χ2n) is 3.80. The number of methoxy groups -OCH3 is 1. The topological polar surface area (TPSA) is 35.2 Å². The summed E-state index contributed by atoms with van der Waals surface area (Å²) in [6.07, 6.45) is 1.76. The van der Waals surface area contributed by atoms with Crippen molar-refractivity contribution >= 4 is 24.0 Å². The van der Waals surface area contributed by atoms with Crippen molar-refractivity contribution in [1.82, 2.24) is 0 Å². The lowest BCUT2D eigenvalue weighted by Crippen LogP contribution is -2.17. The van der Waals surface area contributed by atoms with Crippen LogP contribution in [0.3, 0.4) is 0 Å². The molecule has 1 atom stereocenters. The summed E-state index contributed by atoms with van der Waals surface area (Å²) in [6.45, 7) is 4.08. The first kappa shape index (κ1) is 15.6. The molecule has 4 heteroatoms. The number of nitrogens with two attached hydrogens (primary N) is 1. The summed E-state index contributed by atoms with van der Waals surface area (Å²) in [5, 5.41) is 0.674. The third kappa shape index (κ3) is 3.85. The van der Waals surface area contributed by atoms with Crippen LogP contribution >= 0.6 is 24.0 Å². The molecule has 1 aromatic rings. The van der Waals surface area contributed by atoms with Gasteiger partial charge in [0.25, 0.3) is 0 Å². The first-order valence-corrected chi connectivity index (χ1v) is 5.57. The third-order valence-electron chi connectivity index (χ3n) is 2.32. The molecular weight excluding hydrogens is 245 g/mol. The highest BCUT2D eigenvalue weighted by molar-refractivity contribution is 6.32. The molecule has 0 spiro atoms. The number of hydrogen-bond donors (Lipinski definition) is 1. The maximum absolute atomic E-state index is 6.13. The monoisotopic (exact) mass is 263 g/mol. The van der Waals surface area contributed by atoms with Gasteiger partial charge >= 0.3 is 0 Å². The molecule has 1 rings (SSSR count). The summed E-state index contributed by atoms with van der Waals surface area (Å²) in [6, 6.07) is 4.20. The Morgan fingerprint density at radius 2 is 2.06 bits per heavy atom. The van der Waals surface area contributed by atoms with E-state index >= 15 is 0 Å². The summed E-state index contributed by atoms with van der Waals surface area (Å²) in [5.41, 5.74) is 8.08. The zero-order chi connectivity index (χ0) is 11.4. The van der Waals surface area contributed by atoms with Crippen molar-refractivity contribution in [2.45, 2.75) is 32.7 Å². The molecular formula is C12H19Cl2NO. The quantitative estimate of drug-likeness (QED) is 0.906. The molecule has 0 saturated carbocycles. The van der Waals surface area contributed by atoms with Gasteiger partial charge in [0, 0.05) is 6.04 Å². The van der Waals surface area contributed by atoms with Crippen molar-refractivity contribution < 1.29 is 4.74 Å². The standard InChI is InChI=1S/C12H18ClNO.ClH/c1-4-10-6-9(5-8(2)14)7-11(13)12(10)15-3;/h6-8H,4-5,14H2,1-3H3;1H. The van der Waals surface area contributed by atoms with Crippen LogP contribution in [0.2, 0.25) is 5.02 Å². The van der Waals surface area contributed by atoms with Crippen molar-refractivity contribution in [2.24, 2.45) is 5.73 Å². The maximum atomic E-state index is 6.13.